The molecule has 1 aliphatic rings. The van der Waals surface area contributed by atoms with Crippen LogP contribution in [-0.2, 0) is 9.59 Å². The van der Waals surface area contributed by atoms with Gasteiger partial charge in [0.15, 0.2) is 0 Å². The highest BCUT2D eigenvalue weighted by Gasteiger charge is 2.26. The van der Waals surface area contributed by atoms with E-state index in [2.05, 4.69) is 25.7 Å². The third-order valence-corrected chi connectivity index (χ3v) is 5.51. The van der Waals surface area contributed by atoms with Crippen LogP contribution in [0.4, 0.5) is 5.82 Å². The average Bonchev–Trinajstić information content (AvgIpc) is 3.29. The molecule has 2 N–H and O–H groups in total. The molecule has 0 atom stereocenters. The number of carbonyl (C=O) groups is 2. The number of hydrogen-bond acceptors (Lipinski definition) is 6. The van der Waals surface area contributed by atoms with Gasteiger partial charge in [0, 0.05) is 49.9 Å². The Morgan fingerprint density at radius 3 is 2.72 bits per heavy atom. The van der Waals surface area contributed by atoms with Gasteiger partial charge >= 0.3 is 0 Å². The number of fused-ring (bicyclic) bond motifs is 1. The molecule has 2 amide bonds. The maximum Gasteiger partial charge on any atom is 0.254 e. The Kier molecular flexibility index (Phi) is 6.74. The quantitative estimate of drug-likeness (QED) is 0.436. The van der Waals surface area contributed by atoms with Crippen molar-refractivity contribution in [1.29, 1.82) is 0 Å². The number of carbonyl (C=O) groups excluding carboxylic acids is 2. The lowest BCUT2D eigenvalue weighted by Crippen LogP contribution is -2.43. The summed E-state index contributed by atoms with van der Waals surface area (Å²) < 4.78 is 1.63. The molecule has 2 aromatic heterocycles. The molecule has 3 aromatic rings. The number of rotatable bonds is 7. The first-order valence-electron chi connectivity index (χ1n) is 10.8. The van der Waals surface area contributed by atoms with Crippen molar-refractivity contribution in [2.45, 2.75) is 19.8 Å². The van der Waals surface area contributed by atoms with Crippen molar-refractivity contribution >= 4 is 29.5 Å². The number of benzene rings is 1. The maximum absolute atomic E-state index is 12.5. The van der Waals surface area contributed by atoms with Gasteiger partial charge in [-0.3, -0.25) is 9.59 Å². The monoisotopic (exact) mass is 433 g/mol. The van der Waals surface area contributed by atoms with E-state index in [0.717, 1.165) is 17.1 Å². The highest BCUT2D eigenvalue weighted by atomic mass is 16.2. The first-order chi connectivity index (χ1) is 15.6. The fourth-order valence-corrected chi connectivity index (χ4v) is 3.78. The van der Waals surface area contributed by atoms with Crippen LogP contribution in [0.3, 0.4) is 0 Å². The highest BCUT2D eigenvalue weighted by Crippen LogP contribution is 2.18. The summed E-state index contributed by atoms with van der Waals surface area (Å²) in [5.41, 5.74) is 1.84. The molecule has 0 saturated carbocycles. The standard InChI is InChI=1S/C23H27N7O2/c1-17-15-20(30-23(28-17)26-16-27-30)24-11-12-25-22(32)19-9-13-29(14-10-19)21(31)8-7-18-5-3-2-4-6-18/h2-8,15-16,19,24H,9-14H2,1H3,(H,25,32)/b8-7+. The summed E-state index contributed by atoms with van der Waals surface area (Å²) in [5, 5.41) is 10.4. The van der Waals surface area contributed by atoms with Gasteiger partial charge in [-0.1, -0.05) is 30.3 Å². The zero-order valence-electron chi connectivity index (χ0n) is 18.1. The molecule has 9 heteroatoms. The lowest BCUT2D eigenvalue weighted by Gasteiger charge is -2.30. The summed E-state index contributed by atoms with van der Waals surface area (Å²) in [6.45, 7) is 4.14. The van der Waals surface area contributed by atoms with Crippen molar-refractivity contribution in [2.75, 3.05) is 31.5 Å². The third kappa shape index (κ3) is 5.29. The van der Waals surface area contributed by atoms with Crippen LogP contribution in [0.5, 0.6) is 0 Å². The van der Waals surface area contributed by atoms with E-state index < -0.39 is 0 Å². The predicted molar refractivity (Wildman–Crippen MR) is 122 cm³/mol. The van der Waals surface area contributed by atoms with Crippen molar-refractivity contribution in [3.05, 3.63) is 60.1 Å². The molecule has 3 heterocycles. The molecule has 0 bridgehead atoms. The summed E-state index contributed by atoms with van der Waals surface area (Å²) in [6, 6.07) is 11.6. The largest absolute Gasteiger partial charge is 0.368 e. The summed E-state index contributed by atoms with van der Waals surface area (Å²) >= 11 is 0. The smallest absolute Gasteiger partial charge is 0.254 e. The molecule has 0 aliphatic carbocycles. The lowest BCUT2D eigenvalue weighted by molar-refractivity contribution is -0.132. The highest BCUT2D eigenvalue weighted by molar-refractivity contribution is 5.92. The van der Waals surface area contributed by atoms with Gasteiger partial charge in [-0.25, -0.2) is 4.98 Å². The van der Waals surface area contributed by atoms with Crippen molar-refractivity contribution in [3.8, 4) is 0 Å². The van der Waals surface area contributed by atoms with Crippen LogP contribution in [0.2, 0.25) is 0 Å². The molecule has 1 aromatic carbocycles. The molecular weight excluding hydrogens is 406 g/mol. The Balaban J connectivity index is 1.19. The number of amides is 2. The first-order valence-corrected chi connectivity index (χ1v) is 10.8. The van der Waals surface area contributed by atoms with Crippen molar-refractivity contribution in [2.24, 2.45) is 5.92 Å². The van der Waals surface area contributed by atoms with Crippen molar-refractivity contribution < 1.29 is 9.59 Å². The molecule has 166 valence electrons. The van der Waals surface area contributed by atoms with Crippen LogP contribution in [-0.4, -0.2) is 62.5 Å². The molecule has 32 heavy (non-hydrogen) atoms. The third-order valence-electron chi connectivity index (χ3n) is 5.51. The molecule has 9 nitrogen and oxygen atoms in total. The van der Waals surface area contributed by atoms with E-state index in [9.17, 15) is 9.59 Å². The number of aromatic nitrogens is 4. The molecule has 0 spiro atoms. The topological polar surface area (TPSA) is 105 Å². The fourth-order valence-electron chi connectivity index (χ4n) is 3.78. The number of hydrogen-bond donors (Lipinski definition) is 2. The summed E-state index contributed by atoms with van der Waals surface area (Å²) in [5.74, 6) is 1.29. The second kappa shape index (κ2) is 10.0. The van der Waals surface area contributed by atoms with Crippen LogP contribution < -0.4 is 10.6 Å². The van der Waals surface area contributed by atoms with Crippen molar-refractivity contribution in [1.82, 2.24) is 29.8 Å². The molecule has 0 unspecified atom stereocenters. The van der Waals surface area contributed by atoms with Crippen LogP contribution in [0.25, 0.3) is 11.9 Å². The number of anilines is 1. The Morgan fingerprint density at radius 1 is 1.16 bits per heavy atom. The van der Waals surface area contributed by atoms with Crippen LogP contribution in [0, 0.1) is 12.8 Å². The zero-order chi connectivity index (χ0) is 22.3. The van der Waals surface area contributed by atoms with Gasteiger partial charge in [-0.2, -0.15) is 14.6 Å². The second-order valence-corrected chi connectivity index (χ2v) is 7.82. The second-order valence-electron chi connectivity index (χ2n) is 7.82. The molecule has 4 rings (SSSR count). The minimum atomic E-state index is -0.0673. The average molecular weight is 434 g/mol. The van der Waals surface area contributed by atoms with Gasteiger partial charge in [0.05, 0.1) is 0 Å². The van der Waals surface area contributed by atoms with E-state index >= 15 is 0 Å². The van der Waals surface area contributed by atoms with E-state index in [4.69, 9.17) is 0 Å². The van der Waals surface area contributed by atoms with Gasteiger partial charge in [0.1, 0.15) is 12.1 Å². The van der Waals surface area contributed by atoms with E-state index in [0.29, 0.717) is 44.8 Å². The summed E-state index contributed by atoms with van der Waals surface area (Å²) in [4.78, 5) is 35.1. The number of likely N-dealkylation sites (tertiary alicyclic amines) is 1. The van der Waals surface area contributed by atoms with Crippen molar-refractivity contribution in [3.63, 3.8) is 0 Å². The number of nitrogens with one attached hydrogen (secondary N) is 2. The van der Waals surface area contributed by atoms with E-state index in [1.807, 2.05) is 49.4 Å². The Labute approximate surface area is 186 Å². The lowest BCUT2D eigenvalue weighted by atomic mass is 9.96. The maximum atomic E-state index is 12.5. The van der Waals surface area contributed by atoms with E-state index in [1.54, 1.807) is 15.5 Å². The molecule has 1 aliphatic heterocycles. The zero-order valence-corrected chi connectivity index (χ0v) is 18.1. The molecular formula is C23H27N7O2. The minimum absolute atomic E-state index is 0.0102. The Morgan fingerprint density at radius 2 is 1.94 bits per heavy atom. The number of aryl methyl sites for hydroxylation is 1. The van der Waals surface area contributed by atoms with Gasteiger partial charge in [-0.15, -0.1) is 0 Å². The predicted octanol–water partition coefficient (Wildman–Crippen LogP) is 1.91. The van der Waals surface area contributed by atoms with Gasteiger partial charge in [0.2, 0.25) is 11.8 Å². The van der Waals surface area contributed by atoms with E-state index in [1.165, 1.54) is 6.33 Å². The minimum Gasteiger partial charge on any atom is -0.368 e. The first kappa shape index (κ1) is 21.5. The SMILES string of the molecule is Cc1cc(NCCNC(=O)C2CCN(C(=O)/C=C/c3ccccc3)CC2)n2ncnc2n1. The summed E-state index contributed by atoms with van der Waals surface area (Å²) in [6.07, 6.45) is 6.24. The number of nitrogens with zero attached hydrogens (tertiary/aromatic N) is 5. The van der Waals surface area contributed by atoms with Crippen LogP contribution in [0.15, 0.2) is 48.8 Å². The summed E-state index contributed by atoms with van der Waals surface area (Å²) in [7, 11) is 0. The van der Waals surface area contributed by atoms with Gasteiger partial charge < -0.3 is 15.5 Å². The van der Waals surface area contributed by atoms with Gasteiger partial charge in [-0.05, 0) is 31.4 Å². The fraction of sp³-hybridized carbons (Fsp3) is 0.348. The van der Waals surface area contributed by atoms with Gasteiger partial charge in [0.25, 0.3) is 5.78 Å². The number of piperidine rings is 1. The molecule has 0 radical (unpaired) electrons. The molecule has 1 fully saturated rings. The van der Waals surface area contributed by atoms with Crippen LogP contribution in [0.1, 0.15) is 24.1 Å². The Hall–Kier alpha value is -3.75. The molecule has 1 saturated heterocycles. The normalized spacial score (nSPS) is 14.7. The van der Waals surface area contributed by atoms with Crippen LogP contribution >= 0.6 is 0 Å². The van der Waals surface area contributed by atoms with E-state index in [-0.39, 0.29) is 17.7 Å². The Bertz CT molecular complexity index is 1100.